The summed E-state index contributed by atoms with van der Waals surface area (Å²) in [6.07, 6.45) is 0.758. The topological polar surface area (TPSA) is 77.9 Å². The summed E-state index contributed by atoms with van der Waals surface area (Å²) >= 11 is 0. The van der Waals surface area contributed by atoms with E-state index in [0.717, 1.165) is 6.42 Å². The molecule has 0 aromatic heterocycles. The van der Waals surface area contributed by atoms with E-state index in [1.165, 1.54) is 9.21 Å². The number of hydrogen-bond acceptors (Lipinski definition) is 4. The Morgan fingerprint density at radius 2 is 1.94 bits per heavy atom. The second kappa shape index (κ2) is 4.91. The highest BCUT2D eigenvalue weighted by Gasteiger charge is 2.47. The van der Waals surface area contributed by atoms with Crippen molar-refractivity contribution >= 4 is 16.0 Å². The zero-order valence-corrected chi connectivity index (χ0v) is 11.3. The molecule has 1 N–H and O–H groups in total. The maximum absolute atomic E-state index is 12.3. The van der Waals surface area contributed by atoms with Gasteiger partial charge in [-0.15, -0.1) is 0 Å². The molecule has 0 aliphatic carbocycles. The van der Waals surface area contributed by atoms with Gasteiger partial charge in [0.2, 0.25) is 10.0 Å². The predicted molar refractivity (Wildman–Crippen MR) is 64.1 cm³/mol. The minimum absolute atomic E-state index is 0.244. The van der Waals surface area contributed by atoms with Gasteiger partial charge in [-0.3, -0.25) is 9.69 Å². The van der Waals surface area contributed by atoms with Crippen molar-refractivity contribution in [3.63, 3.8) is 0 Å². The van der Waals surface area contributed by atoms with Gasteiger partial charge in [-0.05, 0) is 20.3 Å². The van der Waals surface area contributed by atoms with Crippen molar-refractivity contribution in [2.45, 2.75) is 32.1 Å². The summed E-state index contributed by atoms with van der Waals surface area (Å²) in [4.78, 5) is 11.1. The molecule has 0 unspecified atom stereocenters. The SMILES string of the molecule is CCCN1CCN(CC(=O)O)C(C)(C)S1(=O)=O. The molecular weight excluding hydrogens is 244 g/mol. The van der Waals surface area contributed by atoms with Gasteiger partial charge >= 0.3 is 5.97 Å². The molecule has 1 fully saturated rings. The molecular formula is C10H20N2O4S. The van der Waals surface area contributed by atoms with E-state index in [1.807, 2.05) is 6.92 Å². The van der Waals surface area contributed by atoms with Crippen LogP contribution in [-0.2, 0) is 14.8 Å². The number of aliphatic carboxylic acids is 1. The number of carboxylic acid groups (broad SMARTS) is 1. The minimum Gasteiger partial charge on any atom is -0.480 e. The first-order chi connectivity index (χ1) is 7.73. The summed E-state index contributed by atoms with van der Waals surface area (Å²) in [5.74, 6) is -1.00. The van der Waals surface area contributed by atoms with Crippen molar-refractivity contribution in [1.82, 2.24) is 9.21 Å². The monoisotopic (exact) mass is 264 g/mol. The summed E-state index contributed by atoms with van der Waals surface area (Å²) < 4.78 is 26.1. The fourth-order valence-electron chi connectivity index (χ4n) is 2.01. The van der Waals surface area contributed by atoms with Gasteiger partial charge in [-0.2, -0.15) is 4.31 Å². The van der Waals surface area contributed by atoms with Crippen molar-refractivity contribution in [3.05, 3.63) is 0 Å². The summed E-state index contributed by atoms with van der Waals surface area (Å²) in [6, 6.07) is 0. The van der Waals surface area contributed by atoms with Crippen molar-refractivity contribution in [1.29, 1.82) is 0 Å². The molecule has 0 atom stereocenters. The number of carboxylic acids is 1. The maximum atomic E-state index is 12.3. The van der Waals surface area contributed by atoms with Crippen molar-refractivity contribution in [2.75, 3.05) is 26.2 Å². The van der Waals surface area contributed by atoms with Crippen molar-refractivity contribution < 1.29 is 18.3 Å². The molecule has 0 spiro atoms. The average Bonchev–Trinajstić information content (AvgIpc) is 2.19. The summed E-state index contributed by atoms with van der Waals surface area (Å²) in [6.45, 7) is 6.12. The molecule has 0 radical (unpaired) electrons. The van der Waals surface area contributed by atoms with Crippen LogP contribution in [0.4, 0.5) is 0 Å². The lowest BCUT2D eigenvalue weighted by Crippen LogP contribution is -2.63. The Kier molecular flexibility index (Phi) is 4.16. The number of carbonyl (C=O) groups is 1. The van der Waals surface area contributed by atoms with Gasteiger partial charge in [0, 0.05) is 19.6 Å². The lowest BCUT2D eigenvalue weighted by Gasteiger charge is -2.45. The molecule has 100 valence electrons. The second-order valence-corrected chi connectivity index (χ2v) is 7.13. The van der Waals surface area contributed by atoms with Gasteiger partial charge in [-0.1, -0.05) is 6.92 Å². The summed E-state index contributed by atoms with van der Waals surface area (Å²) in [5, 5.41) is 8.79. The van der Waals surface area contributed by atoms with E-state index in [-0.39, 0.29) is 6.54 Å². The molecule has 0 aromatic rings. The van der Waals surface area contributed by atoms with E-state index in [4.69, 9.17) is 5.11 Å². The van der Waals surface area contributed by atoms with Gasteiger partial charge in [0.15, 0.2) is 0 Å². The number of hydrogen-bond donors (Lipinski definition) is 1. The Labute approximate surface area is 102 Å². The number of rotatable bonds is 4. The van der Waals surface area contributed by atoms with Gasteiger partial charge in [0.25, 0.3) is 0 Å². The molecule has 1 heterocycles. The molecule has 7 heteroatoms. The normalized spacial score (nSPS) is 24.6. The second-order valence-electron chi connectivity index (χ2n) is 4.67. The highest BCUT2D eigenvalue weighted by Crippen LogP contribution is 2.29. The number of nitrogens with zero attached hydrogens (tertiary/aromatic N) is 2. The van der Waals surface area contributed by atoms with Gasteiger partial charge < -0.3 is 5.11 Å². The van der Waals surface area contributed by atoms with E-state index in [0.29, 0.717) is 19.6 Å². The van der Waals surface area contributed by atoms with E-state index >= 15 is 0 Å². The lowest BCUT2D eigenvalue weighted by atomic mass is 10.3. The van der Waals surface area contributed by atoms with Gasteiger partial charge in [0.05, 0.1) is 6.54 Å². The van der Waals surface area contributed by atoms with Gasteiger partial charge in [0.1, 0.15) is 4.87 Å². The Hall–Kier alpha value is -0.660. The third kappa shape index (κ3) is 2.61. The summed E-state index contributed by atoms with van der Waals surface area (Å²) in [5.41, 5.74) is 0. The predicted octanol–water partition coefficient (Wildman–Crippen LogP) is 0.165. The molecule has 17 heavy (non-hydrogen) atoms. The zero-order valence-electron chi connectivity index (χ0n) is 10.5. The van der Waals surface area contributed by atoms with Crippen LogP contribution < -0.4 is 0 Å². The Balaban J connectivity index is 2.98. The van der Waals surface area contributed by atoms with E-state index < -0.39 is 20.9 Å². The largest absolute Gasteiger partial charge is 0.480 e. The lowest BCUT2D eigenvalue weighted by molar-refractivity contribution is -0.139. The minimum atomic E-state index is -3.46. The standard InChI is InChI=1S/C10H20N2O4S/c1-4-5-12-7-6-11(8-9(13)14)10(2,3)17(12,15)16/h4-8H2,1-3H3,(H,13,14). The highest BCUT2D eigenvalue weighted by atomic mass is 32.2. The quantitative estimate of drug-likeness (QED) is 0.783. The third-order valence-corrected chi connectivity index (χ3v) is 5.72. The fraction of sp³-hybridized carbons (Fsp3) is 0.900. The van der Waals surface area contributed by atoms with E-state index in [1.54, 1.807) is 13.8 Å². The Morgan fingerprint density at radius 1 is 1.35 bits per heavy atom. The molecule has 6 nitrogen and oxygen atoms in total. The molecule has 0 aromatic carbocycles. The smallest absolute Gasteiger partial charge is 0.317 e. The molecule has 0 amide bonds. The van der Waals surface area contributed by atoms with Crippen LogP contribution in [0.2, 0.25) is 0 Å². The van der Waals surface area contributed by atoms with Crippen LogP contribution in [0.25, 0.3) is 0 Å². The van der Waals surface area contributed by atoms with E-state index in [9.17, 15) is 13.2 Å². The Morgan fingerprint density at radius 3 is 2.41 bits per heavy atom. The van der Waals surface area contributed by atoms with Crippen LogP contribution in [0, 0.1) is 0 Å². The highest BCUT2D eigenvalue weighted by molar-refractivity contribution is 7.90. The van der Waals surface area contributed by atoms with Crippen molar-refractivity contribution in [2.24, 2.45) is 0 Å². The number of sulfonamides is 1. The molecule has 1 aliphatic rings. The first-order valence-corrected chi connectivity index (χ1v) is 7.14. The van der Waals surface area contributed by atoms with Crippen LogP contribution in [0.1, 0.15) is 27.2 Å². The van der Waals surface area contributed by atoms with Gasteiger partial charge in [-0.25, -0.2) is 8.42 Å². The van der Waals surface area contributed by atoms with E-state index in [2.05, 4.69) is 0 Å². The first-order valence-electron chi connectivity index (χ1n) is 5.70. The molecule has 0 saturated carbocycles. The van der Waals surface area contributed by atoms with Crippen molar-refractivity contribution in [3.8, 4) is 0 Å². The molecule has 1 rings (SSSR count). The Bertz CT molecular complexity index is 391. The maximum Gasteiger partial charge on any atom is 0.317 e. The zero-order chi connectivity index (χ0) is 13.3. The van der Waals surface area contributed by atoms with Crippen LogP contribution in [0.3, 0.4) is 0 Å². The molecule has 1 aliphatic heterocycles. The van der Waals surface area contributed by atoms with Crippen LogP contribution >= 0.6 is 0 Å². The average molecular weight is 264 g/mol. The first kappa shape index (κ1) is 14.4. The molecule has 0 bridgehead atoms. The fourth-order valence-corrected chi connectivity index (χ4v) is 3.87. The van der Waals surface area contributed by atoms with Crippen LogP contribution in [-0.4, -0.2) is 59.7 Å². The van der Waals surface area contributed by atoms with Crippen LogP contribution in [0.5, 0.6) is 0 Å². The summed E-state index contributed by atoms with van der Waals surface area (Å²) in [7, 11) is -3.46. The molecule has 1 saturated heterocycles. The van der Waals surface area contributed by atoms with Crippen LogP contribution in [0.15, 0.2) is 0 Å². The third-order valence-electron chi connectivity index (χ3n) is 3.15.